The third-order valence-corrected chi connectivity index (χ3v) is 4.05. The number of nitrogens with zero attached hydrogens (tertiary/aromatic N) is 2. The van der Waals surface area contributed by atoms with Crippen LogP contribution in [0.1, 0.15) is 24.4 Å². The summed E-state index contributed by atoms with van der Waals surface area (Å²) >= 11 is 0. The van der Waals surface area contributed by atoms with Crippen molar-refractivity contribution in [1.82, 2.24) is 10.2 Å². The quantitative estimate of drug-likeness (QED) is 0.776. The SMILES string of the molecule is Cc1ccc(-c2nnc([C@H](C)Nc3cccc4c3OCCO4)o2)cc1. The van der Waals surface area contributed by atoms with Gasteiger partial charge in [0.15, 0.2) is 11.5 Å². The molecule has 6 nitrogen and oxygen atoms in total. The highest BCUT2D eigenvalue weighted by molar-refractivity contribution is 5.64. The standard InChI is InChI=1S/C19H19N3O3/c1-12-6-8-14(9-7-12)19-22-21-18(25-19)13(2)20-15-4-3-5-16-17(15)24-11-10-23-16/h3-9,13,20H,10-11H2,1-2H3/t13-/m0/s1. The summed E-state index contributed by atoms with van der Waals surface area (Å²) in [5.74, 6) is 2.50. The molecule has 0 unspecified atom stereocenters. The second-order valence-electron chi connectivity index (χ2n) is 6.01. The number of hydrogen-bond donors (Lipinski definition) is 1. The van der Waals surface area contributed by atoms with Gasteiger partial charge < -0.3 is 19.2 Å². The van der Waals surface area contributed by atoms with Gasteiger partial charge in [-0.2, -0.15) is 0 Å². The van der Waals surface area contributed by atoms with E-state index in [2.05, 4.69) is 15.5 Å². The van der Waals surface area contributed by atoms with E-state index in [0.717, 1.165) is 22.7 Å². The lowest BCUT2D eigenvalue weighted by Gasteiger charge is -2.22. The van der Waals surface area contributed by atoms with Gasteiger partial charge in [-0.1, -0.05) is 23.8 Å². The summed E-state index contributed by atoms with van der Waals surface area (Å²) < 4.78 is 17.2. The predicted octanol–water partition coefficient (Wildman–Crippen LogP) is 3.99. The minimum atomic E-state index is -0.163. The molecule has 0 saturated heterocycles. The van der Waals surface area contributed by atoms with E-state index in [-0.39, 0.29) is 6.04 Å². The van der Waals surface area contributed by atoms with E-state index in [0.29, 0.717) is 25.0 Å². The number of hydrogen-bond acceptors (Lipinski definition) is 6. The molecule has 0 fully saturated rings. The second kappa shape index (κ2) is 6.47. The Balaban J connectivity index is 1.54. The fourth-order valence-corrected chi connectivity index (χ4v) is 2.70. The number of para-hydroxylation sites is 1. The average molecular weight is 337 g/mol. The molecule has 6 heteroatoms. The van der Waals surface area contributed by atoms with Gasteiger partial charge in [0.05, 0.1) is 5.69 Å². The van der Waals surface area contributed by atoms with Crippen LogP contribution in [-0.4, -0.2) is 23.4 Å². The number of ether oxygens (including phenoxy) is 2. The fourth-order valence-electron chi connectivity index (χ4n) is 2.70. The maximum Gasteiger partial charge on any atom is 0.247 e. The van der Waals surface area contributed by atoms with Crippen LogP contribution < -0.4 is 14.8 Å². The molecule has 1 aromatic heterocycles. The first kappa shape index (κ1) is 15.5. The van der Waals surface area contributed by atoms with Crippen LogP contribution in [0.25, 0.3) is 11.5 Å². The lowest BCUT2D eigenvalue weighted by atomic mass is 10.1. The van der Waals surface area contributed by atoms with E-state index in [9.17, 15) is 0 Å². The zero-order chi connectivity index (χ0) is 17.2. The first-order valence-electron chi connectivity index (χ1n) is 8.26. The number of rotatable bonds is 4. The molecule has 0 bridgehead atoms. The van der Waals surface area contributed by atoms with Gasteiger partial charge in [0.25, 0.3) is 0 Å². The van der Waals surface area contributed by atoms with Gasteiger partial charge in [-0.3, -0.25) is 0 Å². The van der Waals surface area contributed by atoms with Crippen LogP contribution in [0, 0.1) is 6.92 Å². The molecule has 1 atom stereocenters. The molecule has 0 amide bonds. The van der Waals surface area contributed by atoms with Gasteiger partial charge in [-0.05, 0) is 38.1 Å². The molecule has 4 rings (SSSR count). The van der Waals surface area contributed by atoms with E-state index in [1.54, 1.807) is 0 Å². The van der Waals surface area contributed by atoms with Crippen LogP contribution in [0.15, 0.2) is 46.9 Å². The van der Waals surface area contributed by atoms with Crippen molar-refractivity contribution in [2.75, 3.05) is 18.5 Å². The molecule has 1 aliphatic heterocycles. The number of aromatic nitrogens is 2. The molecule has 0 radical (unpaired) electrons. The van der Waals surface area contributed by atoms with E-state index in [1.165, 1.54) is 5.56 Å². The Bertz CT molecular complexity index is 874. The van der Waals surface area contributed by atoms with Crippen LogP contribution in [-0.2, 0) is 0 Å². The van der Waals surface area contributed by atoms with E-state index >= 15 is 0 Å². The van der Waals surface area contributed by atoms with Crippen LogP contribution in [0.2, 0.25) is 0 Å². The summed E-state index contributed by atoms with van der Waals surface area (Å²) in [4.78, 5) is 0. The van der Waals surface area contributed by atoms with Crippen LogP contribution in [0.3, 0.4) is 0 Å². The number of aryl methyl sites for hydroxylation is 1. The third-order valence-electron chi connectivity index (χ3n) is 4.05. The number of fused-ring (bicyclic) bond motifs is 1. The van der Waals surface area contributed by atoms with Gasteiger partial charge in [0, 0.05) is 5.56 Å². The van der Waals surface area contributed by atoms with Crippen molar-refractivity contribution in [1.29, 1.82) is 0 Å². The molecular formula is C19H19N3O3. The number of nitrogens with one attached hydrogen (secondary N) is 1. The van der Waals surface area contributed by atoms with Crippen LogP contribution >= 0.6 is 0 Å². The van der Waals surface area contributed by atoms with Gasteiger partial charge in [0.1, 0.15) is 19.3 Å². The minimum absolute atomic E-state index is 0.163. The van der Waals surface area contributed by atoms with Gasteiger partial charge >= 0.3 is 0 Å². The molecule has 3 aromatic rings. The zero-order valence-corrected chi connectivity index (χ0v) is 14.2. The summed E-state index contributed by atoms with van der Waals surface area (Å²) in [5.41, 5.74) is 2.94. The average Bonchev–Trinajstić information content (AvgIpc) is 3.13. The Morgan fingerprint density at radius 1 is 1.00 bits per heavy atom. The first-order valence-corrected chi connectivity index (χ1v) is 8.26. The molecule has 2 aromatic carbocycles. The Hall–Kier alpha value is -3.02. The monoisotopic (exact) mass is 337 g/mol. The van der Waals surface area contributed by atoms with Crippen molar-refractivity contribution in [2.45, 2.75) is 19.9 Å². The van der Waals surface area contributed by atoms with E-state index in [1.807, 2.05) is 56.3 Å². The largest absolute Gasteiger partial charge is 0.486 e. The maximum atomic E-state index is 5.83. The first-order chi connectivity index (χ1) is 12.2. The van der Waals surface area contributed by atoms with Crippen molar-refractivity contribution >= 4 is 5.69 Å². The molecule has 1 aliphatic rings. The summed E-state index contributed by atoms with van der Waals surface area (Å²) in [6.07, 6.45) is 0. The molecule has 0 aliphatic carbocycles. The molecule has 0 spiro atoms. The normalized spacial score (nSPS) is 14.2. The Kier molecular flexibility index (Phi) is 4.01. The van der Waals surface area contributed by atoms with E-state index < -0.39 is 0 Å². The van der Waals surface area contributed by atoms with Crippen molar-refractivity contribution in [3.8, 4) is 23.0 Å². The lowest BCUT2D eigenvalue weighted by molar-refractivity contribution is 0.172. The summed E-state index contributed by atoms with van der Waals surface area (Å²) in [5, 5.41) is 11.7. The molecule has 0 saturated carbocycles. The Labute approximate surface area is 145 Å². The second-order valence-corrected chi connectivity index (χ2v) is 6.01. The minimum Gasteiger partial charge on any atom is -0.486 e. The smallest absolute Gasteiger partial charge is 0.247 e. The highest BCUT2D eigenvalue weighted by Crippen LogP contribution is 2.38. The molecule has 2 heterocycles. The third kappa shape index (κ3) is 3.15. The van der Waals surface area contributed by atoms with E-state index in [4.69, 9.17) is 13.9 Å². The summed E-state index contributed by atoms with van der Waals surface area (Å²) in [7, 11) is 0. The number of anilines is 1. The van der Waals surface area contributed by atoms with Crippen molar-refractivity contribution in [2.24, 2.45) is 0 Å². The van der Waals surface area contributed by atoms with Gasteiger partial charge in [-0.25, -0.2) is 0 Å². The van der Waals surface area contributed by atoms with Crippen LogP contribution in [0.4, 0.5) is 5.69 Å². The fraction of sp³-hybridized carbons (Fsp3) is 0.263. The predicted molar refractivity (Wildman–Crippen MR) is 93.9 cm³/mol. The molecule has 128 valence electrons. The van der Waals surface area contributed by atoms with Crippen LogP contribution in [0.5, 0.6) is 11.5 Å². The highest BCUT2D eigenvalue weighted by Gasteiger charge is 2.20. The van der Waals surface area contributed by atoms with Crippen molar-refractivity contribution in [3.63, 3.8) is 0 Å². The topological polar surface area (TPSA) is 69.4 Å². The molecular weight excluding hydrogens is 318 g/mol. The molecule has 25 heavy (non-hydrogen) atoms. The van der Waals surface area contributed by atoms with Crippen molar-refractivity contribution < 1.29 is 13.9 Å². The summed E-state index contributed by atoms with van der Waals surface area (Å²) in [6, 6.07) is 13.6. The van der Waals surface area contributed by atoms with Gasteiger partial charge in [-0.15, -0.1) is 10.2 Å². The summed E-state index contributed by atoms with van der Waals surface area (Å²) in [6.45, 7) is 5.12. The lowest BCUT2D eigenvalue weighted by Crippen LogP contribution is -2.17. The Morgan fingerprint density at radius 3 is 2.64 bits per heavy atom. The molecule has 1 N–H and O–H groups in total. The zero-order valence-electron chi connectivity index (χ0n) is 14.2. The highest BCUT2D eigenvalue weighted by atomic mass is 16.6. The maximum absolute atomic E-state index is 5.83. The Morgan fingerprint density at radius 2 is 1.80 bits per heavy atom. The van der Waals surface area contributed by atoms with Crippen molar-refractivity contribution in [3.05, 3.63) is 53.9 Å². The number of benzene rings is 2. The van der Waals surface area contributed by atoms with Gasteiger partial charge in [0.2, 0.25) is 11.8 Å².